The van der Waals surface area contributed by atoms with Crippen molar-refractivity contribution >= 4 is 40.6 Å². The van der Waals surface area contributed by atoms with E-state index >= 15 is 0 Å². The third-order valence-electron chi connectivity index (χ3n) is 7.59. The van der Waals surface area contributed by atoms with Crippen molar-refractivity contribution < 1.29 is 14.4 Å². The van der Waals surface area contributed by atoms with E-state index in [0.717, 1.165) is 37.2 Å². The molecule has 8 nitrogen and oxygen atoms in total. The van der Waals surface area contributed by atoms with E-state index in [0.29, 0.717) is 36.2 Å². The van der Waals surface area contributed by atoms with Gasteiger partial charge in [0.2, 0.25) is 5.91 Å². The Morgan fingerprint density at radius 2 is 1.57 bits per heavy atom. The summed E-state index contributed by atoms with van der Waals surface area (Å²) in [4.78, 5) is 45.1. The number of amides is 4. The van der Waals surface area contributed by atoms with Crippen LogP contribution in [0.15, 0.2) is 72.1 Å². The maximum atomic E-state index is 13.1. The first-order valence-corrected chi connectivity index (χ1v) is 15.0. The van der Waals surface area contributed by atoms with Crippen LogP contribution >= 0.6 is 11.3 Å². The van der Waals surface area contributed by atoms with E-state index in [2.05, 4.69) is 15.5 Å². The lowest BCUT2D eigenvalue weighted by Gasteiger charge is -2.37. The predicted octanol–water partition coefficient (Wildman–Crippen LogP) is 5.19. The van der Waals surface area contributed by atoms with Crippen LogP contribution in [-0.2, 0) is 11.3 Å². The summed E-state index contributed by atoms with van der Waals surface area (Å²) in [6.07, 6.45) is 5.85. The molecule has 0 radical (unpaired) electrons. The van der Waals surface area contributed by atoms with Crippen molar-refractivity contribution in [3.05, 3.63) is 82.6 Å². The molecule has 0 unspecified atom stereocenters. The minimum atomic E-state index is -0.244. The second kappa shape index (κ2) is 13.5. The summed E-state index contributed by atoms with van der Waals surface area (Å²) in [7, 11) is 0. The van der Waals surface area contributed by atoms with E-state index < -0.39 is 0 Å². The summed E-state index contributed by atoms with van der Waals surface area (Å²) in [5.41, 5.74) is 2.71. The molecular weight excluding hydrogens is 522 g/mol. The topological polar surface area (TPSA) is 85.0 Å². The van der Waals surface area contributed by atoms with Crippen molar-refractivity contribution in [2.75, 3.05) is 42.9 Å². The molecule has 2 fully saturated rings. The van der Waals surface area contributed by atoms with E-state index in [1.807, 2.05) is 70.9 Å². The number of piperazine rings is 1. The Morgan fingerprint density at radius 3 is 2.25 bits per heavy atom. The van der Waals surface area contributed by atoms with Crippen LogP contribution in [0.5, 0.6) is 0 Å². The molecule has 1 saturated carbocycles. The molecule has 1 aromatic heterocycles. The van der Waals surface area contributed by atoms with Gasteiger partial charge in [-0.05, 0) is 54.1 Å². The number of rotatable bonds is 8. The first-order valence-electron chi connectivity index (χ1n) is 14.1. The van der Waals surface area contributed by atoms with Crippen LogP contribution in [0, 0.1) is 0 Å². The minimum Gasteiger partial charge on any atom is -0.368 e. The van der Waals surface area contributed by atoms with Gasteiger partial charge in [-0.25, -0.2) is 4.79 Å². The molecule has 2 heterocycles. The van der Waals surface area contributed by atoms with Crippen molar-refractivity contribution in [3.8, 4) is 0 Å². The van der Waals surface area contributed by atoms with E-state index in [1.165, 1.54) is 30.6 Å². The van der Waals surface area contributed by atoms with Gasteiger partial charge in [0.15, 0.2) is 0 Å². The van der Waals surface area contributed by atoms with E-state index in [4.69, 9.17) is 0 Å². The number of thiophene rings is 1. The van der Waals surface area contributed by atoms with Crippen molar-refractivity contribution in [1.29, 1.82) is 0 Å². The Bertz CT molecular complexity index is 1250. The Balaban J connectivity index is 1.12. The predicted molar refractivity (Wildman–Crippen MR) is 160 cm³/mol. The average molecular weight is 560 g/mol. The number of carbonyl (C=O) groups is 3. The van der Waals surface area contributed by atoms with Crippen LogP contribution in [0.2, 0.25) is 0 Å². The first-order chi connectivity index (χ1) is 19.5. The molecule has 1 aliphatic heterocycles. The molecule has 0 spiro atoms. The summed E-state index contributed by atoms with van der Waals surface area (Å²) in [6.45, 7) is 3.22. The first kappa shape index (κ1) is 27.7. The largest absolute Gasteiger partial charge is 0.368 e. The third-order valence-corrected chi connectivity index (χ3v) is 8.44. The van der Waals surface area contributed by atoms with Crippen molar-refractivity contribution in [2.45, 2.75) is 44.7 Å². The maximum absolute atomic E-state index is 13.1. The highest BCUT2D eigenvalue weighted by Gasteiger charge is 2.24. The molecule has 40 heavy (non-hydrogen) atoms. The second-order valence-corrected chi connectivity index (χ2v) is 11.4. The Morgan fingerprint density at radius 1 is 0.850 bits per heavy atom. The molecule has 1 saturated heterocycles. The van der Waals surface area contributed by atoms with E-state index in [1.54, 1.807) is 11.0 Å². The molecule has 4 amide bonds. The second-order valence-electron chi connectivity index (χ2n) is 10.5. The van der Waals surface area contributed by atoms with Crippen LogP contribution in [0.4, 0.5) is 16.2 Å². The number of anilines is 2. The zero-order valence-corrected chi connectivity index (χ0v) is 23.6. The Hall–Kier alpha value is -3.85. The lowest BCUT2D eigenvalue weighted by Crippen LogP contribution is -2.53. The fourth-order valence-electron chi connectivity index (χ4n) is 5.37. The maximum Gasteiger partial charge on any atom is 0.317 e. The number of nitrogens with one attached hydrogen (secondary N) is 2. The fraction of sp³-hybridized carbons (Fsp3) is 0.387. The number of urea groups is 1. The number of hydrogen-bond donors (Lipinski definition) is 2. The molecule has 0 bridgehead atoms. The molecule has 1 aliphatic carbocycles. The third kappa shape index (κ3) is 7.41. The summed E-state index contributed by atoms with van der Waals surface area (Å²) >= 11 is 1.37. The highest BCUT2D eigenvalue weighted by Crippen LogP contribution is 2.21. The number of carbonyl (C=O) groups excluding carboxylic acids is 3. The average Bonchev–Trinajstić information content (AvgIpc) is 3.53. The molecule has 2 aliphatic rings. The fourth-order valence-corrected chi connectivity index (χ4v) is 6.06. The van der Waals surface area contributed by atoms with E-state index in [9.17, 15) is 14.4 Å². The lowest BCUT2D eigenvalue weighted by atomic mass is 9.96. The van der Waals surface area contributed by atoms with Crippen LogP contribution in [0.1, 0.15) is 47.3 Å². The van der Waals surface area contributed by atoms with Gasteiger partial charge in [0.1, 0.15) is 6.54 Å². The zero-order valence-electron chi connectivity index (χ0n) is 22.8. The van der Waals surface area contributed by atoms with Crippen LogP contribution in [0.3, 0.4) is 0 Å². The monoisotopic (exact) mass is 559 g/mol. The quantitative estimate of drug-likeness (QED) is 0.398. The Labute approximate surface area is 240 Å². The standard InChI is InChI=1S/C31H37N5O3S/c37-29(23-36(22-24-8-3-1-4-9-24)30(38)28-12-7-21-40-28)32-26-13-15-27(16-14-26)34-17-19-35(20-18-34)31(39)33-25-10-5-2-6-11-25/h1,3-4,7-9,12-16,21,25H,2,5-6,10-11,17-20,22-23H2,(H,32,37)(H,33,39). The highest BCUT2D eigenvalue weighted by molar-refractivity contribution is 7.12. The van der Waals surface area contributed by atoms with Gasteiger partial charge in [0, 0.05) is 50.1 Å². The molecule has 5 rings (SSSR count). The smallest absolute Gasteiger partial charge is 0.317 e. The van der Waals surface area contributed by atoms with Gasteiger partial charge in [-0.3, -0.25) is 9.59 Å². The summed E-state index contributed by atoms with van der Waals surface area (Å²) < 4.78 is 0. The summed E-state index contributed by atoms with van der Waals surface area (Å²) in [5.74, 6) is -0.401. The molecular formula is C31H37N5O3S. The van der Waals surface area contributed by atoms with Gasteiger partial charge in [0.05, 0.1) is 4.88 Å². The lowest BCUT2D eigenvalue weighted by molar-refractivity contribution is -0.117. The van der Waals surface area contributed by atoms with Crippen LogP contribution in [0.25, 0.3) is 0 Å². The van der Waals surface area contributed by atoms with Gasteiger partial charge in [-0.1, -0.05) is 55.7 Å². The molecule has 2 aromatic carbocycles. The van der Waals surface area contributed by atoms with Gasteiger partial charge in [-0.15, -0.1) is 11.3 Å². The van der Waals surface area contributed by atoms with Crippen molar-refractivity contribution in [2.24, 2.45) is 0 Å². The zero-order chi connectivity index (χ0) is 27.7. The van der Waals surface area contributed by atoms with Gasteiger partial charge in [-0.2, -0.15) is 0 Å². The van der Waals surface area contributed by atoms with Gasteiger partial charge >= 0.3 is 6.03 Å². The molecule has 2 N–H and O–H groups in total. The Kier molecular flexibility index (Phi) is 9.34. The minimum absolute atomic E-state index is 0.0434. The number of nitrogens with zero attached hydrogens (tertiary/aromatic N) is 3. The number of benzene rings is 2. The van der Waals surface area contributed by atoms with Crippen molar-refractivity contribution in [3.63, 3.8) is 0 Å². The van der Waals surface area contributed by atoms with Gasteiger partial charge < -0.3 is 25.3 Å². The molecule has 210 valence electrons. The highest BCUT2D eigenvalue weighted by atomic mass is 32.1. The molecule has 9 heteroatoms. The van der Waals surface area contributed by atoms with Crippen molar-refractivity contribution in [1.82, 2.24) is 15.1 Å². The molecule has 0 atom stereocenters. The molecule has 3 aromatic rings. The van der Waals surface area contributed by atoms with Crippen LogP contribution < -0.4 is 15.5 Å². The van der Waals surface area contributed by atoms with Gasteiger partial charge in [0.25, 0.3) is 5.91 Å². The normalized spacial score (nSPS) is 15.9. The number of hydrogen-bond acceptors (Lipinski definition) is 5. The SMILES string of the molecule is O=C(CN(Cc1ccccc1)C(=O)c1cccs1)Nc1ccc(N2CCN(C(=O)NC3CCCCC3)CC2)cc1. The summed E-state index contributed by atoms with van der Waals surface area (Å²) in [6, 6.07) is 21.5. The van der Waals surface area contributed by atoms with Crippen LogP contribution in [-0.4, -0.2) is 66.4 Å². The summed E-state index contributed by atoms with van der Waals surface area (Å²) in [5, 5.41) is 8.02. The van der Waals surface area contributed by atoms with E-state index in [-0.39, 0.29) is 24.4 Å².